The van der Waals surface area contributed by atoms with Gasteiger partial charge in [-0.3, -0.25) is 0 Å². The molecule has 0 amide bonds. The van der Waals surface area contributed by atoms with Crippen molar-refractivity contribution < 1.29 is 0 Å². The van der Waals surface area contributed by atoms with Crippen molar-refractivity contribution in [2.24, 2.45) is 0 Å². The van der Waals surface area contributed by atoms with E-state index in [2.05, 4.69) is 240 Å². The third-order valence-corrected chi connectivity index (χ3v) is 10.8. The lowest BCUT2D eigenvalue weighted by molar-refractivity contribution is 1.18. The van der Waals surface area contributed by atoms with Crippen molar-refractivity contribution in [3.8, 4) is 50.2 Å². The summed E-state index contributed by atoms with van der Waals surface area (Å²) in [5, 5.41) is 2.53. The number of fused-ring (bicyclic) bond motifs is 3. The minimum absolute atomic E-state index is 1.09. The van der Waals surface area contributed by atoms with Crippen LogP contribution in [0.15, 0.2) is 231 Å². The van der Waals surface area contributed by atoms with Crippen LogP contribution in [0.25, 0.3) is 72.0 Å². The van der Waals surface area contributed by atoms with Crippen LogP contribution in [0.5, 0.6) is 0 Å². The Balaban J connectivity index is 1.05. The highest BCUT2D eigenvalue weighted by molar-refractivity contribution is 6.09. The fourth-order valence-corrected chi connectivity index (χ4v) is 8.16. The van der Waals surface area contributed by atoms with E-state index in [-0.39, 0.29) is 0 Å². The number of hydrogen-bond acceptors (Lipinski definition) is 1. The predicted molar refractivity (Wildman–Crippen MR) is 237 cm³/mol. The molecule has 9 aromatic carbocycles. The maximum atomic E-state index is 2.41. The summed E-state index contributed by atoms with van der Waals surface area (Å²) in [7, 11) is 0. The van der Waals surface area contributed by atoms with E-state index in [0.717, 1.165) is 17.1 Å². The summed E-state index contributed by atoms with van der Waals surface area (Å²) in [6.45, 7) is 0. The van der Waals surface area contributed by atoms with Gasteiger partial charge in [0.1, 0.15) is 0 Å². The molecule has 264 valence electrons. The van der Waals surface area contributed by atoms with Gasteiger partial charge in [-0.2, -0.15) is 0 Å². The van der Waals surface area contributed by atoms with Gasteiger partial charge in [-0.05, 0) is 88.0 Å². The van der Waals surface area contributed by atoms with Gasteiger partial charge >= 0.3 is 0 Å². The van der Waals surface area contributed by atoms with Crippen LogP contribution in [0, 0.1) is 0 Å². The SMILES string of the molecule is c1ccc(-c2ccc(N(c3ccc(-c4cccc(-c5ccccc5-n5c6ccccc6c6ccccc65)c4)cc3)c3ccccc3-c3ccccc3)cc2)cc1. The molecule has 1 heterocycles. The highest BCUT2D eigenvalue weighted by Gasteiger charge is 2.18. The average molecular weight is 715 g/mol. The van der Waals surface area contributed by atoms with Crippen LogP contribution < -0.4 is 4.90 Å². The molecule has 10 aromatic rings. The molecule has 0 spiro atoms. The fourth-order valence-electron chi connectivity index (χ4n) is 8.16. The first-order chi connectivity index (χ1) is 27.8. The second-order valence-corrected chi connectivity index (χ2v) is 14.1. The van der Waals surface area contributed by atoms with Crippen LogP contribution in [-0.2, 0) is 0 Å². The van der Waals surface area contributed by atoms with Gasteiger partial charge in [0.05, 0.1) is 22.4 Å². The third-order valence-electron chi connectivity index (χ3n) is 10.8. The molecular formula is C54H38N2. The molecule has 2 nitrogen and oxygen atoms in total. The lowest BCUT2D eigenvalue weighted by Gasteiger charge is -2.28. The zero-order chi connectivity index (χ0) is 37.3. The molecule has 2 heteroatoms. The molecule has 0 radical (unpaired) electrons. The van der Waals surface area contributed by atoms with E-state index in [1.54, 1.807) is 0 Å². The topological polar surface area (TPSA) is 8.17 Å². The molecule has 0 bridgehead atoms. The van der Waals surface area contributed by atoms with Crippen molar-refractivity contribution in [3.05, 3.63) is 231 Å². The lowest BCUT2D eigenvalue weighted by atomic mass is 9.97. The molecule has 0 fully saturated rings. The monoisotopic (exact) mass is 714 g/mol. The van der Waals surface area contributed by atoms with Gasteiger partial charge in [0.2, 0.25) is 0 Å². The normalized spacial score (nSPS) is 11.2. The van der Waals surface area contributed by atoms with Crippen LogP contribution in [0.2, 0.25) is 0 Å². The average Bonchev–Trinajstić information content (AvgIpc) is 3.62. The maximum Gasteiger partial charge on any atom is 0.0541 e. The quantitative estimate of drug-likeness (QED) is 0.152. The van der Waals surface area contributed by atoms with Crippen LogP contribution in [0.3, 0.4) is 0 Å². The Morgan fingerprint density at radius 3 is 1.38 bits per heavy atom. The smallest absolute Gasteiger partial charge is 0.0541 e. The van der Waals surface area contributed by atoms with Gasteiger partial charge in [-0.1, -0.05) is 176 Å². The van der Waals surface area contributed by atoms with Gasteiger partial charge in [0, 0.05) is 33.3 Å². The van der Waals surface area contributed by atoms with Crippen molar-refractivity contribution in [2.75, 3.05) is 4.90 Å². The van der Waals surface area contributed by atoms with Gasteiger partial charge in [0.15, 0.2) is 0 Å². The van der Waals surface area contributed by atoms with Gasteiger partial charge in [-0.15, -0.1) is 0 Å². The second-order valence-electron chi connectivity index (χ2n) is 14.1. The van der Waals surface area contributed by atoms with Crippen molar-refractivity contribution >= 4 is 38.9 Å². The summed E-state index contributed by atoms with van der Waals surface area (Å²) in [6.07, 6.45) is 0. The Morgan fingerprint density at radius 2 is 0.732 bits per heavy atom. The van der Waals surface area contributed by atoms with Crippen molar-refractivity contribution in [3.63, 3.8) is 0 Å². The predicted octanol–water partition coefficient (Wildman–Crippen LogP) is 14.9. The van der Waals surface area contributed by atoms with Gasteiger partial charge in [0.25, 0.3) is 0 Å². The number of benzene rings is 9. The number of rotatable bonds is 8. The molecule has 1 aromatic heterocycles. The van der Waals surface area contributed by atoms with Gasteiger partial charge < -0.3 is 9.47 Å². The first-order valence-corrected chi connectivity index (χ1v) is 19.2. The second kappa shape index (κ2) is 14.4. The number of hydrogen-bond donors (Lipinski definition) is 0. The highest BCUT2D eigenvalue weighted by atomic mass is 15.1. The van der Waals surface area contributed by atoms with E-state index in [1.807, 2.05) is 0 Å². The van der Waals surface area contributed by atoms with Crippen LogP contribution in [0.1, 0.15) is 0 Å². The molecule has 0 unspecified atom stereocenters. The molecule has 10 rings (SSSR count). The molecule has 0 N–H and O–H groups in total. The first kappa shape index (κ1) is 33.2. The van der Waals surface area contributed by atoms with Crippen LogP contribution in [0.4, 0.5) is 17.1 Å². The number of nitrogens with zero attached hydrogens (tertiary/aromatic N) is 2. The Hall–Kier alpha value is -7.42. The first-order valence-electron chi connectivity index (χ1n) is 19.2. The summed E-state index contributed by atoms with van der Waals surface area (Å²) in [5.74, 6) is 0. The standard InChI is InChI=1S/C54H38N2/c1-3-16-39(17-4-1)40-30-34-45(35-31-40)55(51-26-11-7-22-47(51)42-18-5-2-6-19-42)46-36-32-41(33-37-46)43-20-15-21-44(38-43)48-23-8-12-27-52(48)56-53-28-13-9-24-49(53)50-25-10-14-29-54(50)56/h1-38H. The largest absolute Gasteiger partial charge is 0.310 e. The molecule has 0 aliphatic heterocycles. The zero-order valence-electron chi connectivity index (χ0n) is 30.8. The van der Waals surface area contributed by atoms with Crippen LogP contribution in [-0.4, -0.2) is 4.57 Å². The summed E-state index contributed by atoms with van der Waals surface area (Å²) in [5.41, 5.74) is 16.4. The number of aromatic nitrogens is 1. The maximum absolute atomic E-state index is 2.41. The summed E-state index contributed by atoms with van der Waals surface area (Å²) in [6, 6.07) is 83.0. The molecule has 0 saturated carbocycles. The van der Waals surface area contributed by atoms with E-state index in [1.165, 1.54) is 72.0 Å². The lowest BCUT2D eigenvalue weighted by Crippen LogP contribution is -2.11. The van der Waals surface area contributed by atoms with E-state index >= 15 is 0 Å². The van der Waals surface area contributed by atoms with E-state index < -0.39 is 0 Å². The minimum atomic E-state index is 1.09. The van der Waals surface area contributed by atoms with E-state index in [0.29, 0.717) is 0 Å². The summed E-state index contributed by atoms with van der Waals surface area (Å²) in [4.78, 5) is 2.37. The molecule has 0 aliphatic carbocycles. The number of anilines is 3. The molecule has 0 atom stereocenters. The summed E-state index contributed by atoms with van der Waals surface area (Å²) >= 11 is 0. The summed E-state index contributed by atoms with van der Waals surface area (Å²) < 4.78 is 2.41. The third kappa shape index (κ3) is 6.04. The van der Waals surface area contributed by atoms with Crippen LogP contribution >= 0.6 is 0 Å². The van der Waals surface area contributed by atoms with E-state index in [9.17, 15) is 0 Å². The van der Waals surface area contributed by atoms with Crippen molar-refractivity contribution in [2.45, 2.75) is 0 Å². The minimum Gasteiger partial charge on any atom is -0.310 e. The Labute approximate surface area is 327 Å². The number of para-hydroxylation sites is 4. The Morgan fingerprint density at radius 1 is 0.286 bits per heavy atom. The zero-order valence-corrected chi connectivity index (χ0v) is 30.8. The molecule has 56 heavy (non-hydrogen) atoms. The fraction of sp³-hybridized carbons (Fsp3) is 0. The van der Waals surface area contributed by atoms with Gasteiger partial charge in [-0.25, -0.2) is 0 Å². The Bertz CT molecular complexity index is 2890. The molecule has 0 saturated heterocycles. The van der Waals surface area contributed by atoms with Crippen molar-refractivity contribution in [1.29, 1.82) is 0 Å². The molecule has 0 aliphatic rings. The highest BCUT2D eigenvalue weighted by Crippen LogP contribution is 2.42. The molecular weight excluding hydrogens is 677 g/mol. The Kier molecular flexibility index (Phi) is 8.55. The van der Waals surface area contributed by atoms with E-state index in [4.69, 9.17) is 0 Å². The van der Waals surface area contributed by atoms with Crippen molar-refractivity contribution in [1.82, 2.24) is 4.57 Å².